The number of nitrogens with zero attached hydrogens (tertiary/aromatic N) is 5. The van der Waals surface area contributed by atoms with Crippen LogP contribution in [0.2, 0.25) is 0 Å². The zero-order chi connectivity index (χ0) is 25.3. The highest BCUT2D eigenvalue weighted by Crippen LogP contribution is 2.29. The van der Waals surface area contributed by atoms with Crippen LogP contribution < -0.4 is 5.32 Å². The molecule has 2 saturated heterocycles. The van der Waals surface area contributed by atoms with Crippen LogP contribution in [0.4, 0.5) is 4.79 Å². The fourth-order valence-corrected chi connectivity index (χ4v) is 5.50. The van der Waals surface area contributed by atoms with Crippen LogP contribution in [0.1, 0.15) is 39.6 Å². The first-order valence-corrected chi connectivity index (χ1v) is 13.1. The minimum atomic E-state index is -0.545. The Morgan fingerprint density at radius 1 is 1.34 bits per heavy atom. The number of hydrogen-bond donors (Lipinski definition) is 1. The van der Waals surface area contributed by atoms with Gasteiger partial charge in [0, 0.05) is 67.5 Å². The van der Waals surface area contributed by atoms with Crippen molar-refractivity contribution in [1.29, 1.82) is 0 Å². The summed E-state index contributed by atoms with van der Waals surface area (Å²) in [5.41, 5.74) is 1.45. The van der Waals surface area contributed by atoms with Crippen molar-refractivity contribution in [2.45, 2.75) is 46.7 Å². The molecule has 2 atom stereocenters. The molecule has 1 aromatic rings. The van der Waals surface area contributed by atoms with E-state index < -0.39 is 5.41 Å². The molecule has 4 heterocycles. The van der Waals surface area contributed by atoms with Crippen molar-refractivity contribution in [1.82, 2.24) is 25.0 Å². The van der Waals surface area contributed by atoms with E-state index in [1.807, 2.05) is 36.0 Å². The summed E-state index contributed by atoms with van der Waals surface area (Å²) >= 11 is 1.55. The minimum Gasteiger partial charge on any atom is -0.494 e. The Kier molecular flexibility index (Phi) is 7.32. The number of rotatable bonds is 9. The molecule has 2 fully saturated rings. The topological polar surface area (TPSA) is 90.4 Å². The van der Waals surface area contributed by atoms with Crippen molar-refractivity contribution in [2.75, 3.05) is 45.9 Å². The van der Waals surface area contributed by atoms with Gasteiger partial charge in [0.2, 0.25) is 0 Å². The summed E-state index contributed by atoms with van der Waals surface area (Å²) in [7, 11) is 0. The number of ketones is 1. The number of piperazine rings is 1. The molecule has 2 amide bonds. The van der Waals surface area contributed by atoms with Crippen LogP contribution in [0.15, 0.2) is 40.2 Å². The van der Waals surface area contributed by atoms with Gasteiger partial charge in [-0.3, -0.25) is 14.7 Å². The first-order valence-electron chi connectivity index (χ1n) is 12.2. The number of aliphatic imine (C=N–C) groups is 1. The standard InChI is InChI=1S/C25H36N6O3S/c1-7-34-17(3)21-16(2)27-22(23-26-8-11-35-23)28-20(21)14-29-9-10-31-19(12-29)13-30(24(31)33)15-25(5,6)18(4)32/h8,11,16,19H,3,7,9-10,12-15H2,1-2,4-6H3,(H,27,28)/t16-,19-/m0/s1. The minimum absolute atomic E-state index is 0.0382. The molecule has 0 bridgehead atoms. The van der Waals surface area contributed by atoms with Gasteiger partial charge in [0.1, 0.15) is 11.5 Å². The molecule has 0 unspecified atom stereocenters. The molecule has 4 rings (SSSR count). The molecule has 0 radical (unpaired) electrons. The third kappa shape index (κ3) is 5.28. The van der Waals surface area contributed by atoms with Crippen LogP contribution in [-0.4, -0.2) is 95.3 Å². The average Bonchev–Trinajstić information content (AvgIpc) is 3.42. The molecule has 1 N–H and O–H groups in total. The van der Waals surface area contributed by atoms with Gasteiger partial charge >= 0.3 is 6.03 Å². The van der Waals surface area contributed by atoms with Gasteiger partial charge in [-0.1, -0.05) is 20.4 Å². The number of amidine groups is 1. The number of hydrogen-bond acceptors (Lipinski definition) is 8. The van der Waals surface area contributed by atoms with Gasteiger partial charge < -0.3 is 19.9 Å². The number of aromatic nitrogens is 1. The van der Waals surface area contributed by atoms with Gasteiger partial charge in [0.05, 0.1) is 18.7 Å². The number of carbonyl (C=O) groups is 2. The smallest absolute Gasteiger partial charge is 0.320 e. The predicted molar refractivity (Wildman–Crippen MR) is 137 cm³/mol. The van der Waals surface area contributed by atoms with Gasteiger partial charge in [0.25, 0.3) is 0 Å². The number of fused-ring (bicyclic) bond motifs is 1. The van der Waals surface area contributed by atoms with Crippen LogP contribution in [0.25, 0.3) is 0 Å². The summed E-state index contributed by atoms with van der Waals surface area (Å²) < 4.78 is 5.78. The Hall–Kier alpha value is -2.72. The molecule has 35 heavy (non-hydrogen) atoms. The van der Waals surface area contributed by atoms with E-state index >= 15 is 0 Å². The van der Waals surface area contributed by atoms with Crippen molar-refractivity contribution in [2.24, 2.45) is 10.4 Å². The number of ether oxygens (including phenoxy) is 1. The maximum Gasteiger partial charge on any atom is 0.320 e. The number of nitrogens with one attached hydrogen (secondary N) is 1. The second kappa shape index (κ2) is 10.1. The van der Waals surface area contributed by atoms with Crippen LogP contribution in [0, 0.1) is 5.41 Å². The first kappa shape index (κ1) is 25.4. The summed E-state index contributed by atoms with van der Waals surface area (Å²) in [6.45, 7) is 18.1. The van der Waals surface area contributed by atoms with E-state index in [-0.39, 0.29) is 23.9 Å². The SMILES string of the molecule is C=C(OCC)C1=C(CN2CCN3C(=O)N(CC(C)(C)C(C)=O)C[C@@H]3C2)NC(c2nccs2)=N[C@H]1C. The second-order valence-corrected chi connectivity index (χ2v) is 10.9. The van der Waals surface area contributed by atoms with Gasteiger partial charge in [-0.25, -0.2) is 9.78 Å². The van der Waals surface area contributed by atoms with Gasteiger partial charge in [-0.15, -0.1) is 11.3 Å². The average molecular weight is 501 g/mol. The quantitative estimate of drug-likeness (QED) is 0.525. The zero-order valence-corrected chi connectivity index (χ0v) is 22.2. The van der Waals surface area contributed by atoms with Gasteiger partial charge in [0.15, 0.2) is 10.8 Å². The van der Waals surface area contributed by atoms with Crippen LogP contribution in [0.3, 0.4) is 0 Å². The molecule has 0 aliphatic carbocycles. The fourth-order valence-electron chi connectivity index (χ4n) is 4.91. The summed E-state index contributed by atoms with van der Waals surface area (Å²) in [5.74, 6) is 1.50. The van der Waals surface area contributed by atoms with E-state index in [1.54, 1.807) is 24.5 Å². The van der Waals surface area contributed by atoms with E-state index in [4.69, 9.17) is 9.73 Å². The fraction of sp³-hybridized carbons (Fsp3) is 0.600. The van der Waals surface area contributed by atoms with Gasteiger partial charge in [-0.2, -0.15) is 0 Å². The molecule has 3 aliphatic rings. The lowest BCUT2D eigenvalue weighted by atomic mass is 9.88. The predicted octanol–water partition coefficient (Wildman–Crippen LogP) is 2.72. The molecule has 0 aromatic carbocycles. The maximum atomic E-state index is 13.0. The number of Topliss-reactive ketones (excluding diaryl/α,β-unsaturated/α-hetero) is 1. The van der Waals surface area contributed by atoms with E-state index in [1.165, 1.54) is 0 Å². The highest BCUT2D eigenvalue weighted by molar-refractivity contribution is 7.11. The van der Waals surface area contributed by atoms with Crippen LogP contribution in [-0.2, 0) is 9.53 Å². The third-order valence-corrected chi connectivity index (χ3v) is 7.80. The number of thiazole rings is 1. The highest BCUT2D eigenvalue weighted by Gasteiger charge is 2.43. The van der Waals surface area contributed by atoms with Crippen molar-refractivity contribution in [3.05, 3.63) is 40.2 Å². The largest absolute Gasteiger partial charge is 0.494 e. The lowest BCUT2D eigenvalue weighted by molar-refractivity contribution is -0.125. The Morgan fingerprint density at radius 2 is 2.11 bits per heavy atom. The van der Waals surface area contributed by atoms with Gasteiger partial charge in [-0.05, 0) is 20.8 Å². The molecular formula is C25H36N6O3S. The van der Waals surface area contributed by atoms with Crippen molar-refractivity contribution in [3.63, 3.8) is 0 Å². The summed E-state index contributed by atoms with van der Waals surface area (Å²) in [5, 5.41) is 6.30. The Bertz CT molecular complexity index is 1050. The lowest BCUT2D eigenvalue weighted by Gasteiger charge is -2.38. The summed E-state index contributed by atoms with van der Waals surface area (Å²) in [6, 6.07) is 0.0327. The number of carbonyl (C=O) groups excluding carboxylic acids is 2. The van der Waals surface area contributed by atoms with E-state index in [2.05, 4.69) is 28.7 Å². The van der Waals surface area contributed by atoms with Crippen LogP contribution in [0.5, 0.6) is 0 Å². The first-order chi connectivity index (χ1) is 16.6. The zero-order valence-electron chi connectivity index (χ0n) is 21.3. The molecule has 0 saturated carbocycles. The molecule has 3 aliphatic heterocycles. The third-order valence-electron chi connectivity index (χ3n) is 7.02. The van der Waals surface area contributed by atoms with Crippen molar-refractivity contribution >= 4 is 29.0 Å². The van der Waals surface area contributed by atoms with E-state index in [0.717, 1.165) is 35.2 Å². The second-order valence-electron chi connectivity index (χ2n) is 10.0. The normalized spacial score (nSPS) is 23.2. The molecule has 9 nitrogen and oxygen atoms in total. The summed E-state index contributed by atoms with van der Waals surface area (Å²) in [6.07, 6.45) is 1.78. The Balaban J connectivity index is 1.49. The molecule has 10 heteroatoms. The Morgan fingerprint density at radius 3 is 2.77 bits per heavy atom. The molecule has 1 aromatic heterocycles. The number of urea groups is 1. The summed E-state index contributed by atoms with van der Waals surface area (Å²) in [4.78, 5) is 40.4. The Labute approximate surface area is 211 Å². The molecule has 190 valence electrons. The van der Waals surface area contributed by atoms with Crippen LogP contribution >= 0.6 is 11.3 Å². The van der Waals surface area contributed by atoms with Crippen molar-refractivity contribution in [3.8, 4) is 0 Å². The van der Waals surface area contributed by atoms with E-state index in [9.17, 15) is 9.59 Å². The lowest BCUT2D eigenvalue weighted by Crippen LogP contribution is -2.53. The monoisotopic (exact) mass is 500 g/mol. The number of amides is 2. The van der Waals surface area contributed by atoms with E-state index in [0.29, 0.717) is 38.5 Å². The molecular weight excluding hydrogens is 464 g/mol. The van der Waals surface area contributed by atoms with Crippen molar-refractivity contribution < 1.29 is 14.3 Å². The molecule has 0 spiro atoms. The highest BCUT2D eigenvalue weighted by atomic mass is 32.1. The maximum absolute atomic E-state index is 13.0.